The maximum absolute atomic E-state index is 12.9. The fraction of sp³-hybridized carbons (Fsp3) is 0.579. The van der Waals surface area contributed by atoms with E-state index >= 15 is 0 Å². The fourth-order valence-electron chi connectivity index (χ4n) is 3.83. The molecule has 0 aromatic heterocycles. The van der Waals surface area contributed by atoms with Gasteiger partial charge in [0, 0.05) is 30.8 Å². The Bertz CT molecular complexity index is 655. The number of piperazine rings is 1. The van der Waals surface area contributed by atoms with Crippen molar-refractivity contribution in [3.63, 3.8) is 0 Å². The van der Waals surface area contributed by atoms with E-state index in [1.54, 1.807) is 36.2 Å². The van der Waals surface area contributed by atoms with Gasteiger partial charge in [-0.25, -0.2) is 0 Å². The molecule has 3 rings (SSSR count). The average Bonchev–Trinajstić information content (AvgIpc) is 3.17. The zero-order valence-corrected chi connectivity index (χ0v) is 15.2. The average molecular weight is 346 g/mol. The molecule has 0 N–H and O–H groups in total. The van der Waals surface area contributed by atoms with Gasteiger partial charge in [-0.3, -0.25) is 9.59 Å². The first-order valence-electron chi connectivity index (χ1n) is 8.90. The minimum atomic E-state index is -0.435. The highest BCUT2D eigenvalue weighted by Crippen LogP contribution is 2.33. The van der Waals surface area contributed by atoms with Gasteiger partial charge in [0.05, 0.1) is 14.2 Å². The monoisotopic (exact) mass is 346 g/mol. The van der Waals surface area contributed by atoms with Crippen molar-refractivity contribution >= 4 is 17.5 Å². The van der Waals surface area contributed by atoms with E-state index in [4.69, 9.17) is 9.47 Å². The van der Waals surface area contributed by atoms with Crippen molar-refractivity contribution in [2.75, 3.05) is 32.2 Å². The van der Waals surface area contributed by atoms with Gasteiger partial charge in [0.2, 0.25) is 11.8 Å². The van der Waals surface area contributed by atoms with Crippen molar-refractivity contribution in [1.82, 2.24) is 4.90 Å². The second-order valence-electron chi connectivity index (χ2n) is 6.72. The number of hydrogen-bond acceptors (Lipinski definition) is 4. The summed E-state index contributed by atoms with van der Waals surface area (Å²) in [6.45, 7) is 2.88. The van der Waals surface area contributed by atoms with Crippen LogP contribution in [0.25, 0.3) is 0 Å². The molecule has 0 bridgehead atoms. The van der Waals surface area contributed by atoms with Crippen LogP contribution in [0.4, 0.5) is 5.69 Å². The van der Waals surface area contributed by atoms with Crippen molar-refractivity contribution in [2.24, 2.45) is 5.92 Å². The molecule has 1 heterocycles. The molecule has 2 amide bonds. The van der Waals surface area contributed by atoms with Gasteiger partial charge in [0.1, 0.15) is 6.04 Å². The molecule has 6 heteroatoms. The summed E-state index contributed by atoms with van der Waals surface area (Å²) in [6.07, 6.45) is 4.14. The Morgan fingerprint density at radius 1 is 1.08 bits per heavy atom. The number of rotatable bonds is 4. The second kappa shape index (κ2) is 7.33. The van der Waals surface area contributed by atoms with Gasteiger partial charge in [0.25, 0.3) is 0 Å². The standard InChI is InChI=1S/C19H26N2O4/c1-13-18(22)21(15-8-9-16(24-2)17(12-15)25-3)11-10-20(13)19(23)14-6-4-5-7-14/h8-9,12-14H,4-7,10-11H2,1-3H3. The summed E-state index contributed by atoms with van der Waals surface area (Å²) in [5, 5.41) is 0. The van der Waals surface area contributed by atoms with Crippen LogP contribution in [-0.2, 0) is 9.59 Å². The molecule has 6 nitrogen and oxygen atoms in total. The maximum Gasteiger partial charge on any atom is 0.249 e. The number of hydrogen-bond donors (Lipinski definition) is 0. The Labute approximate surface area is 148 Å². The van der Waals surface area contributed by atoms with Gasteiger partial charge in [-0.05, 0) is 31.9 Å². The van der Waals surface area contributed by atoms with E-state index in [9.17, 15) is 9.59 Å². The van der Waals surface area contributed by atoms with E-state index in [0.29, 0.717) is 24.6 Å². The fourth-order valence-corrected chi connectivity index (χ4v) is 3.83. The maximum atomic E-state index is 12.9. The summed E-state index contributed by atoms with van der Waals surface area (Å²) in [5.74, 6) is 1.41. The van der Waals surface area contributed by atoms with Crippen molar-refractivity contribution in [2.45, 2.75) is 38.6 Å². The molecular weight excluding hydrogens is 320 g/mol. The third-order valence-electron chi connectivity index (χ3n) is 5.32. The molecule has 1 saturated heterocycles. The molecule has 136 valence electrons. The third kappa shape index (κ3) is 3.30. The third-order valence-corrected chi connectivity index (χ3v) is 5.32. The summed E-state index contributed by atoms with van der Waals surface area (Å²) in [6, 6.07) is 5.01. The molecule has 25 heavy (non-hydrogen) atoms. The molecule has 0 radical (unpaired) electrons. The topological polar surface area (TPSA) is 59.1 Å². The number of methoxy groups -OCH3 is 2. The van der Waals surface area contributed by atoms with Gasteiger partial charge in [-0.1, -0.05) is 12.8 Å². The summed E-state index contributed by atoms with van der Waals surface area (Å²) >= 11 is 0. The zero-order chi connectivity index (χ0) is 18.0. The van der Waals surface area contributed by atoms with Crippen LogP contribution < -0.4 is 14.4 Å². The Morgan fingerprint density at radius 3 is 2.40 bits per heavy atom. The van der Waals surface area contributed by atoms with Crippen molar-refractivity contribution in [3.05, 3.63) is 18.2 Å². The predicted octanol–water partition coefficient (Wildman–Crippen LogP) is 2.46. The van der Waals surface area contributed by atoms with Gasteiger partial charge in [-0.2, -0.15) is 0 Å². The highest BCUT2D eigenvalue weighted by Gasteiger charge is 2.38. The lowest BCUT2D eigenvalue weighted by molar-refractivity contribution is -0.143. The lowest BCUT2D eigenvalue weighted by Crippen LogP contribution is -2.58. The van der Waals surface area contributed by atoms with E-state index in [1.165, 1.54) is 0 Å². The number of nitrogens with zero attached hydrogens (tertiary/aromatic N) is 2. The molecule has 1 aromatic rings. The van der Waals surface area contributed by atoms with Crippen LogP contribution in [0.5, 0.6) is 11.5 Å². The van der Waals surface area contributed by atoms with Gasteiger partial charge in [-0.15, -0.1) is 0 Å². The van der Waals surface area contributed by atoms with E-state index in [0.717, 1.165) is 31.4 Å². The first-order chi connectivity index (χ1) is 12.1. The Kier molecular flexibility index (Phi) is 5.16. The number of carbonyl (C=O) groups excluding carboxylic acids is 2. The lowest BCUT2D eigenvalue weighted by Gasteiger charge is -2.40. The number of amides is 2. The molecule has 2 fully saturated rings. The second-order valence-corrected chi connectivity index (χ2v) is 6.72. The highest BCUT2D eigenvalue weighted by atomic mass is 16.5. The molecule has 1 atom stereocenters. The van der Waals surface area contributed by atoms with Crippen LogP contribution in [-0.4, -0.2) is 50.1 Å². The normalized spacial score (nSPS) is 21.6. The first kappa shape index (κ1) is 17.6. The highest BCUT2D eigenvalue weighted by molar-refractivity contribution is 6.00. The smallest absolute Gasteiger partial charge is 0.249 e. The quantitative estimate of drug-likeness (QED) is 0.840. The Balaban J connectivity index is 1.76. The first-order valence-corrected chi connectivity index (χ1v) is 8.90. The lowest BCUT2D eigenvalue weighted by atomic mass is 10.0. The number of ether oxygens (including phenoxy) is 2. The Morgan fingerprint density at radius 2 is 1.76 bits per heavy atom. The minimum Gasteiger partial charge on any atom is -0.493 e. The molecule has 1 aliphatic heterocycles. The number of carbonyl (C=O) groups is 2. The zero-order valence-electron chi connectivity index (χ0n) is 15.2. The molecule has 0 spiro atoms. The van der Waals surface area contributed by atoms with Crippen LogP contribution in [0.15, 0.2) is 18.2 Å². The SMILES string of the molecule is COc1ccc(N2CCN(C(=O)C3CCCC3)C(C)C2=O)cc1OC. The summed E-state index contributed by atoms with van der Waals surface area (Å²) in [5.41, 5.74) is 0.766. The molecule has 1 saturated carbocycles. The van der Waals surface area contributed by atoms with E-state index in [1.807, 2.05) is 13.0 Å². The molecule has 2 aliphatic rings. The van der Waals surface area contributed by atoms with Gasteiger partial charge < -0.3 is 19.3 Å². The van der Waals surface area contributed by atoms with Crippen molar-refractivity contribution in [3.8, 4) is 11.5 Å². The van der Waals surface area contributed by atoms with Crippen LogP contribution >= 0.6 is 0 Å². The van der Waals surface area contributed by atoms with Crippen LogP contribution in [0.3, 0.4) is 0 Å². The number of benzene rings is 1. The van der Waals surface area contributed by atoms with Crippen LogP contribution in [0.1, 0.15) is 32.6 Å². The minimum absolute atomic E-state index is 0.0511. The molecule has 1 unspecified atom stereocenters. The molecule has 1 aliphatic carbocycles. The van der Waals surface area contributed by atoms with Crippen LogP contribution in [0.2, 0.25) is 0 Å². The van der Waals surface area contributed by atoms with E-state index < -0.39 is 6.04 Å². The largest absolute Gasteiger partial charge is 0.493 e. The summed E-state index contributed by atoms with van der Waals surface area (Å²) in [7, 11) is 3.16. The Hall–Kier alpha value is -2.24. The van der Waals surface area contributed by atoms with E-state index in [-0.39, 0.29) is 17.7 Å². The van der Waals surface area contributed by atoms with Crippen molar-refractivity contribution in [1.29, 1.82) is 0 Å². The van der Waals surface area contributed by atoms with Crippen molar-refractivity contribution < 1.29 is 19.1 Å². The van der Waals surface area contributed by atoms with Gasteiger partial charge >= 0.3 is 0 Å². The number of anilines is 1. The van der Waals surface area contributed by atoms with Gasteiger partial charge in [0.15, 0.2) is 11.5 Å². The van der Waals surface area contributed by atoms with Crippen LogP contribution in [0, 0.1) is 5.92 Å². The molecular formula is C19H26N2O4. The predicted molar refractivity (Wildman–Crippen MR) is 95.0 cm³/mol. The molecule has 1 aromatic carbocycles. The van der Waals surface area contributed by atoms with E-state index in [2.05, 4.69) is 0 Å². The summed E-state index contributed by atoms with van der Waals surface area (Å²) in [4.78, 5) is 29.1. The summed E-state index contributed by atoms with van der Waals surface area (Å²) < 4.78 is 10.6.